The average Bonchev–Trinajstić information content (AvgIpc) is 2.49. The molecule has 0 spiro atoms. The van der Waals surface area contributed by atoms with Crippen molar-refractivity contribution in [2.45, 2.75) is 38.8 Å². The Bertz CT molecular complexity index is 773. The minimum absolute atomic E-state index is 0.216. The fourth-order valence-corrected chi connectivity index (χ4v) is 2.97. The van der Waals surface area contributed by atoms with Crippen molar-refractivity contribution in [3.8, 4) is 0 Å². The van der Waals surface area contributed by atoms with E-state index >= 15 is 0 Å². The number of aromatic amines is 1. The Labute approximate surface area is 123 Å². The molecule has 0 saturated heterocycles. The first-order valence-corrected chi connectivity index (χ1v) is 7.11. The molecule has 0 radical (unpaired) electrons. The highest BCUT2D eigenvalue weighted by Gasteiger charge is 2.27. The summed E-state index contributed by atoms with van der Waals surface area (Å²) in [6.45, 7) is 8.33. The second-order valence-corrected chi connectivity index (χ2v) is 6.70. The van der Waals surface area contributed by atoms with E-state index in [1.807, 2.05) is 24.4 Å². The highest BCUT2D eigenvalue weighted by molar-refractivity contribution is 6.68. The minimum Gasteiger partial charge on any atom is -0.356 e. The summed E-state index contributed by atoms with van der Waals surface area (Å²) in [6.07, 6.45) is 9.97. The Hall–Kier alpha value is -1.61. The van der Waals surface area contributed by atoms with E-state index in [-0.39, 0.29) is 11.1 Å². The predicted molar refractivity (Wildman–Crippen MR) is 86.9 cm³/mol. The zero-order chi connectivity index (χ0) is 14.5. The van der Waals surface area contributed by atoms with Gasteiger partial charge in [-0.25, -0.2) is 0 Å². The first-order chi connectivity index (χ1) is 9.28. The van der Waals surface area contributed by atoms with Crippen LogP contribution in [-0.2, 0) is 5.54 Å². The Morgan fingerprint density at radius 2 is 1.90 bits per heavy atom. The molecule has 1 aromatic rings. The Morgan fingerprint density at radius 1 is 1.15 bits per heavy atom. The van der Waals surface area contributed by atoms with Crippen molar-refractivity contribution in [1.82, 2.24) is 4.98 Å². The van der Waals surface area contributed by atoms with E-state index < -0.39 is 0 Å². The number of nitrogens with one attached hydrogen (secondary N) is 1. The zero-order valence-corrected chi connectivity index (χ0v) is 12.9. The van der Waals surface area contributed by atoms with E-state index in [1.165, 1.54) is 5.22 Å². The lowest BCUT2D eigenvalue weighted by atomic mass is 9.96. The molecule has 0 amide bonds. The largest absolute Gasteiger partial charge is 0.356 e. The van der Waals surface area contributed by atoms with Gasteiger partial charge in [-0.3, -0.25) is 9.98 Å². The van der Waals surface area contributed by atoms with Crippen LogP contribution >= 0.6 is 11.6 Å². The third-order valence-electron chi connectivity index (χ3n) is 3.64. The van der Waals surface area contributed by atoms with Crippen LogP contribution in [0.5, 0.6) is 0 Å². The summed E-state index contributed by atoms with van der Waals surface area (Å²) in [4.78, 5) is 12.6. The topological polar surface area (TPSA) is 40.5 Å². The summed E-state index contributed by atoms with van der Waals surface area (Å²) in [7, 11) is 0. The average molecular weight is 288 g/mol. The molecule has 3 nitrogen and oxygen atoms in total. The van der Waals surface area contributed by atoms with Crippen molar-refractivity contribution in [2.75, 3.05) is 0 Å². The van der Waals surface area contributed by atoms with E-state index in [1.54, 1.807) is 0 Å². The second kappa shape index (κ2) is 4.19. The zero-order valence-electron chi connectivity index (χ0n) is 12.2. The molecule has 0 unspecified atom stereocenters. The molecule has 2 aliphatic heterocycles. The molecule has 0 bridgehead atoms. The number of halogens is 1. The molecule has 20 heavy (non-hydrogen) atoms. The van der Waals surface area contributed by atoms with Gasteiger partial charge in [-0.15, -0.1) is 0 Å². The first-order valence-electron chi connectivity index (χ1n) is 6.73. The molecule has 2 aliphatic rings. The lowest BCUT2D eigenvalue weighted by molar-refractivity contribution is 0.543. The monoisotopic (exact) mass is 287 g/mol. The van der Waals surface area contributed by atoms with Gasteiger partial charge < -0.3 is 4.98 Å². The lowest BCUT2D eigenvalue weighted by Crippen LogP contribution is -2.27. The van der Waals surface area contributed by atoms with Gasteiger partial charge in [0.1, 0.15) is 5.17 Å². The Balaban J connectivity index is 2.39. The fourth-order valence-electron chi connectivity index (χ4n) is 2.70. The van der Waals surface area contributed by atoms with Crippen molar-refractivity contribution in [1.29, 1.82) is 0 Å². The van der Waals surface area contributed by atoms with Crippen molar-refractivity contribution < 1.29 is 0 Å². The summed E-state index contributed by atoms with van der Waals surface area (Å²) >= 11 is 6.13. The summed E-state index contributed by atoms with van der Waals surface area (Å²) in [5.41, 5.74) is 1.66. The molecule has 0 aromatic carbocycles. The van der Waals surface area contributed by atoms with Crippen molar-refractivity contribution in [3.05, 3.63) is 27.9 Å². The smallest absolute Gasteiger partial charge is 0.124 e. The van der Waals surface area contributed by atoms with Crippen LogP contribution in [0.15, 0.2) is 16.1 Å². The van der Waals surface area contributed by atoms with Crippen LogP contribution in [0.4, 0.5) is 0 Å². The van der Waals surface area contributed by atoms with Crippen molar-refractivity contribution in [3.63, 3.8) is 0 Å². The van der Waals surface area contributed by atoms with Gasteiger partial charge in [0.05, 0.1) is 16.8 Å². The van der Waals surface area contributed by atoms with Gasteiger partial charge in [-0.1, -0.05) is 11.6 Å². The Morgan fingerprint density at radius 3 is 2.65 bits per heavy atom. The number of rotatable bonds is 0. The highest BCUT2D eigenvalue weighted by Crippen LogP contribution is 2.28. The molecule has 0 atom stereocenters. The molecule has 4 heteroatoms. The van der Waals surface area contributed by atoms with Crippen LogP contribution in [-0.4, -0.2) is 21.9 Å². The maximum Gasteiger partial charge on any atom is 0.124 e. The molecule has 0 aliphatic carbocycles. The maximum absolute atomic E-state index is 6.13. The number of aromatic nitrogens is 1. The molecule has 1 N–H and O–H groups in total. The van der Waals surface area contributed by atoms with Crippen molar-refractivity contribution >= 4 is 41.2 Å². The van der Waals surface area contributed by atoms with Crippen LogP contribution in [0, 0.1) is 0 Å². The molecular formula is C16H18ClN3. The maximum atomic E-state index is 6.13. The number of fused-ring (bicyclic) bond motifs is 3. The summed E-state index contributed by atoms with van der Waals surface area (Å²) in [5, 5.41) is 2.78. The predicted octanol–water partition coefficient (Wildman–Crippen LogP) is 2.34. The van der Waals surface area contributed by atoms with E-state index in [4.69, 9.17) is 11.6 Å². The minimum atomic E-state index is -0.370. The van der Waals surface area contributed by atoms with Gasteiger partial charge in [0.15, 0.2) is 0 Å². The van der Waals surface area contributed by atoms with E-state index in [9.17, 15) is 0 Å². The third kappa shape index (κ3) is 2.16. The van der Waals surface area contributed by atoms with Crippen LogP contribution in [0.3, 0.4) is 0 Å². The van der Waals surface area contributed by atoms with E-state index in [0.717, 1.165) is 16.6 Å². The van der Waals surface area contributed by atoms with Crippen LogP contribution in [0.2, 0.25) is 0 Å². The van der Waals surface area contributed by atoms with Gasteiger partial charge in [-0.2, -0.15) is 0 Å². The number of hydrogen-bond acceptors (Lipinski definition) is 2. The highest BCUT2D eigenvalue weighted by atomic mass is 35.5. The second-order valence-electron chi connectivity index (χ2n) is 6.31. The first kappa shape index (κ1) is 13.4. The standard InChI is InChI=1S/C16H18ClN3/c1-15(2)9-11-10-5-6-13(17)20-16(3,4)14(10)19-12(11)7-8-18-15/h5-9,19H,1-4H3. The molecule has 0 fully saturated rings. The lowest BCUT2D eigenvalue weighted by Gasteiger charge is -2.19. The molecule has 3 rings (SSSR count). The number of nitrogens with zero attached hydrogens (tertiary/aromatic N) is 2. The van der Waals surface area contributed by atoms with Gasteiger partial charge in [0.2, 0.25) is 0 Å². The van der Waals surface area contributed by atoms with Gasteiger partial charge in [0, 0.05) is 22.3 Å². The SMILES string of the molecule is CC1(C)C=c2c3c([nH]c2=CC=N1)C(C)(C)N=C(Cl)C=C3. The van der Waals surface area contributed by atoms with Gasteiger partial charge in [-0.05, 0) is 52.0 Å². The number of H-pyrrole nitrogens is 1. The summed E-state index contributed by atoms with van der Waals surface area (Å²) in [5.74, 6) is 0. The van der Waals surface area contributed by atoms with Crippen LogP contribution in [0.1, 0.15) is 39.0 Å². The van der Waals surface area contributed by atoms with Crippen LogP contribution < -0.4 is 10.6 Å². The quantitative estimate of drug-likeness (QED) is 0.761. The number of aliphatic imine (C=N–C) groups is 2. The van der Waals surface area contributed by atoms with E-state index in [0.29, 0.717) is 5.17 Å². The molecule has 1 aromatic heterocycles. The normalized spacial score (nSPS) is 21.8. The summed E-state index contributed by atoms with van der Waals surface area (Å²) in [6, 6.07) is 0. The van der Waals surface area contributed by atoms with Gasteiger partial charge in [0.25, 0.3) is 0 Å². The van der Waals surface area contributed by atoms with Gasteiger partial charge >= 0.3 is 0 Å². The van der Waals surface area contributed by atoms with Crippen molar-refractivity contribution in [2.24, 2.45) is 9.98 Å². The molecule has 104 valence electrons. The number of allylic oxidation sites excluding steroid dienone is 1. The molecule has 0 saturated carbocycles. The fraction of sp³-hybridized carbons (Fsp3) is 0.375. The molecular weight excluding hydrogens is 270 g/mol. The third-order valence-corrected chi connectivity index (χ3v) is 3.85. The van der Waals surface area contributed by atoms with Crippen LogP contribution in [0.25, 0.3) is 18.2 Å². The summed E-state index contributed by atoms with van der Waals surface area (Å²) < 4.78 is 0. The Kier molecular flexibility index (Phi) is 2.80. The van der Waals surface area contributed by atoms with E-state index in [2.05, 4.69) is 48.7 Å². The number of hydrogen-bond donors (Lipinski definition) is 1. The molecule has 3 heterocycles.